The van der Waals surface area contributed by atoms with Gasteiger partial charge in [0.25, 0.3) is 0 Å². The minimum absolute atomic E-state index is 0.167. The number of piperidine rings is 2. The van der Waals surface area contributed by atoms with E-state index in [0.717, 1.165) is 0 Å². The van der Waals surface area contributed by atoms with Gasteiger partial charge in [-0.25, -0.2) is 8.78 Å². The van der Waals surface area contributed by atoms with Gasteiger partial charge in [-0.05, 0) is 35.4 Å². The molecule has 6 heteroatoms. The monoisotopic (exact) mass is 326 g/mol. The van der Waals surface area contributed by atoms with Crippen molar-refractivity contribution in [2.75, 3.05) is 0 Å². The smallest absolute Gasteiger partial charge is 0.229 e. The zero-order valence-corrected chi connectivity index (χ0v) is 12.3. The van der Waals surface area contributed by atoms with Gasteiger partial charge in [-0.15, -0.1) is 0 Å². The first kappa shape index (κ1) is 13.7. The van der Waals surface area contributed by atoms with Crippen molar-refractivity contribution in [3.63, 3.8) is 0 Å². The van der Waals surface area contributed by atoms with Gasteiger partial charge >= 0.3 is 0 Å². The number of benzene rings is 2. The van der Waals surface area contributed by atoms with Gasteiger partial charge in [0.1, 0.15) is 11.6 Å². The van der Waals surface area contributed by atoms with Crippen LogP contribution in [0, 0.1) is 23.5 Å². The summed E-state index contributed by atoms with van der Waals surface area (Å²) in [6.07, 6.45) is 0. The maximum Gasteiger partial charge on any atom is 0.229 e. The average molecular weight is 326 g/mol. The Bertz CT molecular complexity index is 809. The fourth-order valence-corrected chi connectivity index (χ4v) is 4.73. The molecule has 0 bridgehead atoms. The van der Waals surface area contributed by atoms with Gasteiger partial charge in [-0.2, -0.15) is 0 Å². The predicted molar refractivity (Wildman–Crippen MR) is 79.4 cm³/mol. The van der Waals surface area contributed by atoms with E-state index in [0.29, 0.717) is 11.1 Å². The highest BCUT2D eigenvalue weighted by Gasteiger charge is 2.87. The van der Waals surface area contributed by atoms with Crippen LogP contribution in [0.25, 0.3) is 0 Å². The van der Waals surface area contributed by atoms with Crippen molar-refractivity contribution < 1.29 is 18.4 Å². The molecule has 4 nitrogen and oxygen atoms in total. The quantitative estimate of drug-likeness (QED) is 0.823. The lowest BCUT2D eigenvalue weighted by Crippen LogP contribution is -2.97. The molecule has 0 atom stereocenters. The summed E-state index contributed by atoms with van der Waals surface area (Å²) in [6, 6.07) is 11.7. The summed E-state index contributed by atoms with van der Waals surface area (Å²) >= 11 is 0. The summed E-state index contributed by atoms with van der Waals surface area (Å²) in [7, 11) is 0. The van der Waals surface area contributed by atoms with E-state index >= 15 is 0 Å². The molecule has 2 aromatic rings. The number of nitrogens with one attached hydrogen (secondary N) is 2. The number of carbonyl (C=O) groups excluding carboxylic acids is 2. The van der Waals surface area contributed by atoms with E-state index in [9.17, 15) is 18.4 Å². The Balaban J connectivity index is 1.64. The minimum Gasteiger partial charge on any atom is -0.344 e. The first-order chi connectivity index (χ1) is 11.5. The molecule has 120 valence electrons. The fourth-order valence-electron chi connectivity index (χ4n) is 4.73. The third-order valence-corrected chi connectivity index (χ3v) is 5.65. The summed E-state index contributed by atoms with van der Waals surface area (Å²) in [6.45, 7) is 0. The van der Waals surface area contributed by atoms with Crippen molar-refractivity contribution in [1.29, 1.82) is 0 Å². The molecule has 2 aromatic carbocycles. The van der Waals surface area contributed by atoms with E-state index in [1.165, 1.54) is 24.3 Å². The Morgan fingerprint density at radius 3 is 1.29 bits per heavy atom. The molecule has 3 aliphatic rings. The SMILES string of the molecule is O=C1NC2(c3ccc(F)cc3)C1C1(c3ccc(F)cc3)NC(=O)C21. The molecule has 0 spiro atoms. The van der Waals surface area contributed by atoms with Crippen LogP contribution in [0.3, 0.4) is 0 Å². The molecular weight excluding hydrogens is 314 g/mol. The van der Waals surface area contributed by atoms with Gasteiger partial charge in [0, 0.05) is 0 Å². The zero-order valence-electron chi connectivity index (χ0n) is 12.3. The second-order valence-corrected chi connectivity index (χ2v) is 6.60. The highest BCUT2D eigenvalue weighted by molar-refractivity contribution is 6.05. The summed E-state index contributed by atoms with van der Waals surface area (Å²) in [4.78, 5) is 24.5. The average Bonchev–Trinajstić information content (AvgIpc) is 2.53. The van der Waals surface area contributed by atoms with Gasteiger partial charge in [0.2, 0.25) is 11.8 Å². The van der Waals surface area contributed by atoms with E-state index in [1.54, 1.807) is 24.3 Å². The van der Waals surface area contributed by atoms with Crippen LogP contribution < -0.4 is 10.6 Å². The number of β-lactam (4-membered cyclic amide) rings is 2. The van der Waals surface area contributed by atoms with E-state index in [-0.39, 0.29) is 23.4 Å². The van der Waals surface area contributed by atoms with Crippen LogP contribution in [0.1, 0.15) is 11.1 Å². The largest absolute Gasteiger partial charge is 0.344 e. The van der Waals surface area contributed by atoms with Crippen molar-refractivity contribution >= 4 is 11.8 Å². The topological polar surface area (TPSA) is 58.2 Å². The van der Waals surface area contributed by atoms with Crippen LogP contribution in [0.5, 0.6) is 0 Å². The third kappa shape index (κ3) is 1.26. The first-order valence-corrected chi connectivity index (χ1v) is 7.66. The molecule has 2 saturated heterocycles. The fraction of sp³-hybridized carbons (Fsp3) is 0.222. The van der Waals surface area contributed by atoms with Crippen molar-refractivity contribution in [1.82, 2.24) is 10.6 Å². The second kappa shape index (κ2) is 4.01. The standard InChI is InChI=1S/C18H12F2N2O2/c19-11-5-1-9(2-6-11)17-13(15(23)21-17)18(14(17)16(24)22-18)10-3-7-12(20)8-4-10/h1-8,13-14H,(H,21,23)(H,22,24). The first-order valence-electron chi connectivity index (χ1n) is 7.66. The highest BCUT2D eigenvalue weighted by Crippen LogP contribution is 2.70. The predicted octanol–water partition coefficient (Wildman–Crippen LogP) is 1.56. The molecule has 3 fully saturated rings. The number of fused-ring (bicyclic) bond motifs is 4. The summed E-state index contributed by atoms with van der Waals surface area (Å²) in [5.41, 5.74) is -0.180. The van der Waals surface area contributed by atoms with Crippen molar-refractivity contribution in [3.8, 4) is 0 Å². The molecule has 0 aromatic heterocycles. The molecular formula is C18H12F2N2O2. The van der Waals surface area contributed by atoms with E-state index in [1.807, 2.05) is 0 Å². The van der Waals surface area contributed by atoms with Crippen LogP contribution in [0.4, 0.5) is 8.78 Å². The maximum absolute atomic E-state index is 13.2. The molecule has 2 heterocycles. The summed E-state index contributed by atoms with van der Waals surface area (Å²) in [5, 5.41) is 5.73. The number of rotatable bonds is 2. The van der Waals surface area contributed by atoms with Crippen LogP contribution in [0.15, 0.2) is 48.5 Å². The highest BCUT2D eigenvalue weighted by atomic mass is 19.1. The van der Waals surface area contributed by atoms with E-state index in [2.05, 4.69) is 10.6 Å². The maximum atomic E-state index is 13.2. The third-order valence-electron chi connectivity index (χ3n) is 5.65. The Hall–Kier alpha value is -2.76. The van der Waals surface area contributed by atoms with Gasteiger partial charge in [-0.3, -0.25) is 9.59 Å². The zero-order chi connectivity index (χ0) is 16.7. The van der Waals surface area contributed by atoms with Crippen LogP contribution in [0.2, 0.25) is 0 Å². The van der Waals surface area contributed by atoms with Gasteiger partial charge in [0.05, 0.1) is 22.9 Å². The van der Waals surface area contributed by atoms with Gasteiger partial charge in [-0.1, -0.05) is 24.3 Å². The minimum atomic E-state index is -0.804. The molecule has 2 N–H and O–H groups in total. The Morgan fingerprint density at radius 2 is 1.00 bits per heavy atom. The second-order valence-electron chi connectivity index (χ2n) is 6.60. The van der Waals surface area contributed by atoms with Crippen molar-refractivity contribution in [3.05, 3.63) is 71.3 Å². The Labute approximate surface area is 135 Å². The van der Waals surface area contributed by atoms with Gasteiger partial charge in [0.15, 0.2) is 0 Å². The molecule has 2 aliphatic heterocycles. The number of hydrogen-bond donors (Lipinski definition) is 2. The Morgan fingerprint density at radius 1 is 0.667 bits per heavy atom. The van der Waals surface area contributed by atoms with Gasteiger partial charge < -0.3 is 10.6 Å². The molecule has 0 radical (unpaired) electrons. The van der Waals surface area contributed by atoms with Crippen molar-refractivity contribution in [2.24, 2.45) is 11.8 Å². The lowest BCUT2D eigenvalue weighted by molar-refractivity contribution is -0.230. The van der Waals surface area contributed by atoms with Crippen molar-refractivity contribution in [2.45, 2.75) is 11.1 Å². The molecule has 1 saturated carbocycles. The number of hydrogen-bond acceptors (Lipinski definition) is 2. The molecule has 0 unspecified atom stereocenters. The Kier molecular flexibility index (Phi) is 2.28. The molecule has 2 amide bonds. The summed E-state index contributed by atoms with van der Waals surface area (Å²) in [5.74, 6) is -2.05. The molecule has 5 rings (SSSR count). The number of halogens is 2. The number of carbonyl (C=O) groups is 2. The van der Waals surface area contributed by atoms with E-state index in [4.69, 9.17) is 0 Å². The van der Waals surface area contributed by atoms with Crippen LogP contribution in [-0.4, -0.2) is 11.8 Å². The molecule has 24 heavy (non-hydrogen) atoms. The normalized spacial score (nSPS) is 35.4. The summed E-state index contributed by atoms with van der Waals surface area (Å²) < 4.78 is 26.5. The number of amides is 2. The van der Waals surface area contributed by atoms with Crippen LogP contribution >= 0.6 is 0 Å². The molecule has 1 aliphatic carbocycles. The van der Waals surface area contributed by atoms with Crippen LogP contribution in [-0.2, 0) is 20.7 Å². The lowest BCUT2D eigenvalue weighted by atomic mass is 9.35. The lowest BCUT2D eigenvalue weighted by Gasteiger charge is -2.77. The van der Waals surface area contributed by atoms with E-state index < -0.39 is 22.9 Å².